The van der Waals surface area contributed by atoms with Gasteiger partial charge < -0.3 is 9.64 Å². The number of tetrazole rings is 1. The van der Waals surface area contributed by atoms with E-state index < -0.39 is 0 Å². The van der Waals surface area contributed by atoms with E-state index in [0.29, 0.717) is 18.9 Å². The zero-order valence-corrected chi connectivity index (χ0v) is 13.6. The van der Waals surface area contributed by atoms with Crippen molar-refractivity contribution in [1.82, 2.24) is 25.1 Å². The van der Waals surface area contributed by atoms with Crippen LogP contribution in [-0.4, -0.2) is 56.3 Å². The molecule has 1 aromatic heterocycles. The van der Waals surface area contributed by atoms with Gasteiger partial charge in [0.15, 0.2) is 0 Å². The van der Waals surface area contributed by atoms with Crippen LogP contribution in [0.1, 0.15) is 19.4 Å². The summed E-state index contributed by atoms with van der Waals surface area (Å²) in [6.45, 7) is 7.24. The number of carbonyl (C=O) groups excluding carboxylic acids is 1. The maximum absolute atomic E-state index is 12.4. The summed E-state index contributed by atoms with van der Waals surface area (Å²) >= 11 is 0. The van der Waals surface area contributed by atoms with E-state index in [1.165, 1.54) is 4.80 Å². The minimum absolute atomic E-state index is 0.0132. The molecular weight excluding hydrogens is 294 g/mol. The molecule has 1 amide bonds. The van der Waals surface area contributed by atoms with Crippen LogP contribution in [0.2, 0.25) is 0 Å². The molecule has 7 heteroatoms. The van der Waals surface area contributed by atoms with Gasteiger partial charge in [-0.25, -0.2) is 0 Å². The molecule has 23 heavy (non-hydrogen) atoms. The van der Waals surface area contributed by atoms with Crippen molar-refractivity contribution >= 4 is 5.91 Å². The van der Waals surface area contributed by atoms with Crippen molar-refractivity contribution in [1.29, 1.82) is 0 Å². The minimum atomic E-state index is -0.0132. The van der Waals surface area contributed by atoms with Gasteiger partial charge in [-0.1, -0.05) is 24.3 Å². The molecule has 2 aromatic rings. The van der Waals surface area contributed by atoms with E-state index in [0.717, 1.165) is 11.1 Å². The van der Waals surface area contributed by atoms with Crippen LogP contribution in [0.4, 0.5) is 0 Å². The summed E-state index contributed by atoms with van der Waals surface area (Å²) in [5.41, 5.74) is 2.01. The fraction of sp³-hybridized carbons (Fsp3) is 0.500. The van der Waals surface area contributed by atoms with Gasteiger partial charge in [0.1, 0.15) is 6.54 Å². The summed E-state index contributed by atoms with van der Waals surface area (Å²) in [5, 5.41) is 12.4. The van der Waals surface area contributed by atoms with Gasteiger partial charge in [-0.05, 0) is 31.5 Å². The lowest BCUT2D eigenvalue weighted by Crippen LogP contribution is -2.49. The number of carbonyl (C=O) groups is 1. The molecule has 7 nitrogen and oxygen atoms in total. The molecule has 1 aromatic carbocycles. The van der Waals surface area contributed by atoms with Gasteiger partial charge >= 0.3 is 0 Å². The molecule has 3 rings (SSSR count). The Balaban J connectivity index is 1.69. The first kappa shape index (κ1) is 15.6. The molecule has 0 radical (unpaired) electrons. The molecule has 1 aliphatic rings. The molecular formula is C16H21N5O2. The summed E-state index contributed by atoms with van der Waals surface area (Å²) in [4.78, 5) is 15.6. The summed E-state index contributed by atoms with van der Waals surface area (Å²) in [7, 11) is 0. The largest absolute Gasteiger partial charge is 0.372 e. The normalized spacial score (nSPS) is 21.4. The van der Waals surface area contributed by atoms with Crippen molar-refractivity contribution in [2.24, 2.45) is 0 Å². The third-order valence-electron chi connectivity index (χ3n) is 3.89. The smallest absolute Gasteiger partial charge is 0.246 e. The molecule has 0 spiro atoms. The van der Waals surface area contributed by atoms with Crippen LogP contribution in [-0.2, 0) is 16.1 Å². The topological polar surface area (TPSA) is 73.1 Å². The second kappa shape index (κ2) is 6.45. The van der Waals surface area contributed by atoms with Gasteiger partial charge in [-0.3, -0.25) is 4.79 Å². The molecule has 0 unspecified atom stereocenters. The Bertz CT molecular complexity index is 689. The van der Waals surface area contributed by atoms with Crippen molar-refractivity contribution in [2.75, 3.05) is 13.1 Å². The Kier molecular flexibility index (Phi) is 4.38. The number of hydrogen-bond acceptors (Lipinski definition) is 5. The SMILES string of the molecule is Cc1ccccc1-c1nnn(CC(=O)N2C[C@@H](C)O[C@@H](C)C2)n1. The Labute approximate surface area is 135 Å². The highest BCUT2D eigenvalue weighted by atomic mass is 16.5. The molecule has 0 saturated carbocycles. The van der Waals surface area contributed by atoms with E-state index in [1.54, 1.807) is 4.90 Å². The minimum Gasteiger partial charge on any atom is -0.372 e. The van der Waals surface area contributed by atoms with Crippen LogP contribution < -0.4 is 0 Å². The maximum atomic E-state index is 12.4. The average molecular weight is 315 g/mol. The van der Waals surface area contributed by atoms with E-state index in [2.05, 4.69) is 15.4 Å². The fourth-order valence-electron chi connectivity index (χ4n) is 2.84. The van der Waals surface area contributed by atoms with E-state index in [9.17, 15) is 4.79 Å². The first-order valence-electron chi connectivity index (χ1n) is 7.80. The van der Waals surface area contributed by atoms with E-state index in [1.807, 2.05) is 45.0 Å². The number of nitrogens with zero attached hydrogens (tertiary/aromatic N) is 5. The summed E-state index contributed by atoms with van der Waals surface area (Å²) in [6, 6.07) is 7.85. The van der Waals surface area contributed by atoms with Gasteiger partial charge in [-0.2, -0.15) is 4.80 Å². The maximum Gasteiger partial charge on any atom is 0.246 e. The highest BCUT2D eigenvalue weighted by molar-refractivity contribution is 5.76. The molecule has 2 heterocycles. The Morgan fingerprint density at radius 2 is 1.96 bits per heavy atom. The summed E-state index contributed by atoms with van der Waals surface area (Å²) in [5.74, 6) is 0.528. The summed E-state index contributed by atoms with van der Waals surface area (Å²) in [6.07, 6.45) is 0.0999. The monoisotopic (exact) mass is 315 g/mol. The number of aryl methyl sites for hydroxylation is 1. The predicted molar refractivity (Wildman–Crippen MR) is 84.6 cm³/mol. The molecule has 0 aliphatic carbocycles. The Morgan fingerprint density at radius 3 is 2.65 bits per heavy atom. The molecule has 0 N–H and O–H groups in total. The number of morpholine rings is 1. The van der Waals surface area contributed by atoms with E-state index in [4.69, 9.17) is 4.74 Å². The van der Waals surface area contributed by atoms with Crippen LogP contribution >= 0.6 is 0 Å². The zero-order chi connectivity index (χ0) is 16.4. The standard InChI is InChI=1S/C16H21N5O2/c1-11-6-4-5-7-14(11)16-17-19-21(18-16)10-15(22)20-8-12(2)23-13(3)9-20/h4-7,12-13H,8-10H2,1-3H3/t12-,13+. The zero-order valence-electron chi connectivity index (χ0n) is 13.6. The highest BCUT2D eigenvalue weighted by Crippen LogP contribution is 2.18. The fourth-order valence-corrected chi connectivity index (χ4v) is 2.84. The number of ether oxygens (including phenoxy) is 1. The molecule has 1 fully saturated rings. The van der Waals surface area contributed by atoms with Crippen molar-refractivity contribution in [3.05, 3.63) is 29.8 Å². The van der Waals surface area contributed by atoms with Gasteiger partial charge in [-0.15, -0.1) is 10.2 Å². The first-order chi connectivity index (χ1) is 11.0. The number of rotatable bonds is 3. The van der Waals surface area contributed by atoms with Crippen LogP contribution in [0, 0.1) is 6.92 Å². The molecule has 1 aliphatic heterocycles. The third-order valence-corrected chi connectivity index (χ3v) is 3.89. The van der Waals surface area contributed by atoms with Gasteiger partial charge in [0, 0.05) is 18.7 Å². The van der Waals surface area contributed by atoms with Gasteiger partial charge in [0.2, 0.25) is 11.7 Å². The lowest BCUT2D eigenvalue weighted by atomic mass is 10.1. The van der Waals surface area contributed by atoms with E-state index in [-0.39, 0.29) is 24.7 Å². The van der Waals surface area contributed by atoms with E-state index >= 15 is 0 Å². The Morgan fingerprint density at radius 1 is 1.26 bits per heavy atom. The van der Waals surface area contributed by atoms with Gasteiger partial charge in [0.05, 0.1) is 12.2 Å². The second-order valence-corrected chi connectivity index (χ2v) is 6.01. The second-order valence-electron chi connectivity index (χ2n) is 6.01. The lowest BCUT2D eigenvalue weighted by molar-refractivity contribution is -0.144. The third kappa shape index (κ3) is 3.56. The number of hydrogen-bond donors (Lipinski definition) is 0. The molecule has 122 valence electrons. The molecule has 0 bridgehead atoms. The number of aromatic nitrogens is 4. The van der Waals surface area contributed by atoms with Crippen molar-refractivity contribution in [3.63, 3.8) is 0 Å². The predicted octanol–water partition coefficient (Wildman–Crippen LogP) is 1.28. The Hall–Kier alpha value is -2.28. The number of amides is 1. The highest BCUT2D eigenvalue weighted by Gasteiger charge is 2.26. The van der Waals surface area contributed by atoms with Crippen LogP contribution in [0.25, 0.3) is 11.4 Å². The van der Waals surface area contributed by atoms with Gasteiger partial charge in [0.25, 0.3) is 0 Å². The lowest BCUT2D eigenvalue weighted by Gasteiger charge is -2.35. The van der Waals surface area contributed by atoms with Crippen molar-refractivity contribution in [2.45, 2.75) is 39.5 Å². The van der Waals surface area contributed by atoms with Crippen LogP contribution in [0.3, 0.4) is 0 Å². The molecule has 1 saturated heterocycles. The van der Waals surface area contributed by atoms with Crippen molar-refractivity contribution in [3.8, 4) is 11.4 Å². The summed E-state index contributed by atoms with van der Waals surface area (Å²) < 4.78 is 5.65. The van der Waals surface area contributed by atoms with Crippen LogP contribution in [0.15, 0.2) is 24.3 Å². The molecule has 2 atom stereocenters. The van der Waals surface area contributed by atoms with Crippen LogP contribution in [0.5, 0.6) is 0 Å². The first-order valence-corrected chi connectivity index (χ1v) is 7.80. The number of benzene rings is 1. The quantitative estimate of drug-likeness (QED) is 0.853. The average Bonchev–Trinajstić information content (AvgIpc) is 2.95. The van der Waals surface area contributed by atoms with Crippen molar-refractivity contribution < 1.29 is 9.53 Å².